The van der Waals surface area contributed by atoms with Crippen LogP contribution in [-0.2, 0) is 27.3 Å². The van der Waals surface area contributed by atoms with E-state index in [1.54, 1.807) is 32.9 Å². The van der Waals surface area contributed by atoms with Gasteiger partial charge in [-0.2, -0.15) is 8.42 Å². The summed E-state index contributed by atoms with van der Waals surface area (Å²) in [6.45, 7) is 5.54. The molecule has 0 aliphatic carbocycles. The minimum atomic E-state index is -4.53. The van der Waals surface area contributed by atoms with E-state index in [9.17, 15) is 17.1 Å². The van der Waals surface area contributed by atoms with Crippen molar-refractivity contribution >= 4 is 16.3 Å². The number of hydrogen-bond acceptors (Lipinski definition) is 4. The fourth-order valence-electron chi connectivity index (χ4n) is 1.44. The fourth-order valence-corrected chi connectivity index (χ4v) is 2.03. The number of halogens is 1. The number of nitrogens with one attached hydrogen (secondary N) is 1. The monoisotopic (exact) mass is 303 g/mol. The first-order valence-corrected chi connectivity index (χ1v) is 7.57. The van der Waals surface area contributed by atoms with Crippen molar-refractivity contribution in [2.24, 2.45) is 0 Å². The summed E-state index contributed by atoms with van der Waals surface area (Å²) in [6, 6.07) is 6.25. The molecular weight excluding hydrogens is 285 g/mol. The van der Waals surface area contributed by atoms with Crippen LogP contribution < -0.4 is 5.32 Å². The van der Waals surface area contributed by atoms with Crippen LogP contribution in [-0.4, -0.2) is 20.1 Å². The first-order valence-electron chi connectivity index (χ1n) is 6.02. The Morgan fingerprint density at radius 2 is 1.70 bits per heavy atom. The minimum Gasteiger partial charge on any atom is -0.444 e. The molecule has 0 aromatic heterocycles. The van der Waals surface area contributed by atoms with E-state index in [1.807, 2.05) is 0 Å². The summed E-state index contributed by atoms with van der Waals surface area (Å²) in [6.07, 6.45) is -0.534. The van der Waals surface area contributed by atoms with Gasteiger partial charge in [-0.3, -0.25) is 0 Å². The van der Waals surface area contributed by atoms with Crippen LogP contribution in [0.15, 0.2) is 24.3 Å². The first kappa shape index (κ1) is 16.4. The SMILES string of the molecule is CC(C)(C)OC(=O)NCc1ccc(CS(=O)(=O)F)cc1. The third-order valence-electron chi connectivity index (χ3n) is 2.20. The van der Waals surface area contributed by atoms with E-state index in [-0.39, 0.29) is 6.54 Å². The molecule has 7 heteroatoms. The van der Waals surface area contributed by atoms with Gasteiger partial charge >= 0.3 is 16.3 Å². The summed E-state index contributed by atoms with van der Waals surface area (Å²) >= 11 is 0. The summed E-state index contributed by atoms with van der Waals surface area (Å²) in [5.41, 5.74) is 0.549. The van der Waals surface area contributed by atoms with Gasteiger partial charge in [-0.15, -0.1) is 3.89 Å². The van der Waals surface area contributed by atoms with Crippen LogP contribution in [0.1, 0.15) is 31.9 Å². The van der Waals surface area contributed by atoms with Crippen LogP contribution in [0, 0.1) is 0 Å². The van der Waals surface area contributed by atoms with Gasteiger partial charge in [0.2, 0.25) is 0 Å². The van der Waals surface area contributed by atoms with Gasteiger partial charge in [0.15, 0.2) is 0 Å². The maximum atomic E-state index is 12.5. The first-order chi connectivity index (χ1) is 9.05. The highest BCUT2D eigenvalue weighted by molar-refractivity contribution is 7.85. The van der Waals surface area contributed by atoms with Gasteiger partial charge < -0.3 is 10.1 Å². The van der Waals surface area contributed by atoms with Gasteiger partial charge in [0, 0.05) is 6.54 Å². The summed E-state index contributed by atoms with van der Waals surface area (Å²) < 4.78 is 38.5. The quantitative estimate of drug-likeness (QED) is 0.867. The van der Waals surface area contributed by atoms with Gasteiger partial charge in [-0.05, 0) is 31.9 Å². The average Bonchev–Trinajstić information content (AvgIpc) is 2.23. The number of carbonyl (C=O) groups is 1. The summed E-state index contributed by atoms with van der Waals surface area (Å²) in [7, 11) is -4.53. The molecule has 0 saturated carbocycles. The molecule has 0 radical (unpaired) electrons. The van der Waals surface area contributed by atoms with Crippen LogP contribution in [0.5, 0.6) is 0 Å². The average molecular weight is 303 g/mol. The van der Waals surface area contributed by atoms with Crippen LogP contribution >= 0.6 is 0 Å². The molecule has 1 aromatic rings. The zero-order valence-electron chi connectivity index (χ0n) is 11.6. The zero-order valence-corrected chi connectivity index (χ0v) is 12.5. The third kappa shape index (κ3) is 7.08. The molecule has 0 aliphatic rings. The number of carbonyl (C=O) groups excluding carboxylic acids is 1. The minimum absolute atomic E-state index is 0.248. The molecule has 0 bridgehead atoms. The Hall–Kier alpha value is -1.63. The highest BCUT2D eigenvalue weighted by Crippen LogP contribution is 2.10. The van der Waals surface area contributed by atoms with Gasteiger partial charge in [0.25, 0.3) is 0 Å². The molecule has 112 valence electrons. The molecule has 1 amide bonds. The molecule has 0 unspecified atom stereocenters. The molecule has 5 nitrogen and oxygen atoms in total. The summed E-state index contributed by atoms with van der Waals surface area (Å²) in [4.78, 5) is 11.4. The molecule has 1 aromatic carbocycles. The van der Waals surface area contributed by atoms with Crippen LogP contribution in [0.25, 0.3) is 0 Å². The second-order valence-electron chi connectivity index (χ2n) is 5.36. The fraction of sp³-hybridized carbons (Fsp3) is 0.462. The van der Waals surface area contributed by atoms with Gasteiger partial charge in [0.05, 0.1) is 0 Å². The Balaban J connectivity index is 2.52. The molecule has 0 heterocycles. The second kappa shape index (κ2) is 6.21. The number of rotatable bonds is 4. The Morgan fingerprint density at radius 1 is 1.20 bits per heavy atom. The van der Waals surface area contributed by atoms with Crippen molar-refractivity contribution < 1.29 is 21.8 Å². The molecule has 1 rings (SSSR count). The number of ether oxygens (including phenoxy) is 1. The molecule has 0 spiro atoms. The van der Waals surface area contributed by atoms with E-state index < -0.39 is 27.7 Å². The van der Waals surface area contributed by atoms with Crippen LogP contribution in [0.2, 0.25) is 0 Å². The maximum absolute atomic E-state index is 12.5. The van der Waals surface area contributed by atoms with Crippen molar-refractivity contribution in [2.75, 3.05) is 0 Å². The number of amides is 1. The van der Waals surface area contributed by atoms with Crippen molar-refractivity contribution in [3.8, 4) is 0 Å². The number of hydrogen-bond donors (Lipinski definition) is 1. The summed E-state index contributed by atoms with van der Waals surface area (Å²) in [5, 5.41) is 2.57. The molecule has 0 fully saturated rings. The highest BCUT2D eigenvalue weighted by atomic mass is 32.3. The van der Waals surface area contributed by atoms with E-state index in [4.69, 9.17) is 4.74 Å². The van der Waals surface area contributed by atoms with Gasteiger partial charge in [0.1, 0.15) is 11.4 Å². The molecule has 0 saturated heterocycles. The Morgan fingerprint density at radius 3 is 2.15 bits per heavy atom. The second-order valence-corrected chi connectivity index (χ2v) is 6.72. The highest BCUT2D eigenvalue weighted by Gasteiger charge is 2.15. The maximum Gasteiger partial charge on any atom is 0.407 e. The molecule has 0 aliphatic heterocycles. The lowest BCUT2D eigenvalue weighted by molar-refractivity contribution is 0.0523. The third-order valence-corrected chi connectivity index (χ3v) is 2.88. The molecule has 0 atom stereocenters. The predicted molar refractivity (Wildman–Crippen MR) is 73.2 cm³/mol. The lowest BCUT2D eigenvalue weighted by Gasteiger charge is -2.19. The zero-order chi connectivity index (χ0) is 15.4. The van der Waals surface area contributed by atoms with E-state index in [2.05, 4.69) is 5.32 Å². The number of benzene rings is 1. The Bertz CT molecular complexity index is 561. The van der Waals surface area contributed by atoms with Crippen molar-refractivity contribution in [2.45, 2.75) is 38.7 Å². The largest absolute Gasteiger partial charge is 0.444 e. The summed E-state index contributed by atoms with van der Waals surface area (Å²) in [5.74, 6) is -0.646. The van der Waals surface area contributed by atoms with E-state index in [0.717, 1.165) is 5.56 Å². The van der Waals surface area contributed by atoms with Crippen LogP contribution in [0.3, 0.4) is 0 Å². The van der Waals surface area contributed by atoms with E-state index >= 15 is 0 Å². The lowest BCUT2D eigenvalue weighted by atomic mass is 10.1. The predicted octanol–water partition coefficient (Wildman–Crippen LogP) is 2.51. The Labute approximate surface area is 118 Å². The molecule has 20 heavy (non-hydrogen) atoms. The van der Waals surface area contributed by atoms with E-state index in [1.165, 1.54) is 12.1 Å². The smallest absolute Gasteiger partial charge is 0.407 e. The van der Waals surface area contributed by atoms with Gasteiger partial charge in [-0.1, -0.05) is 24.3 Å². The van der Waals surface area contributed by atoms with Crippen molar-refractivity contribution in [3.63, 3.8) is 0 Å². The van der Waals surface area contributed by atoms with Crippen LogP contribution in [0.4, 0.5) is 8.68 Å². The van der Waals surface area contributed by atoms with Crippen molar-refractivity contribution in [3.05, 3.63) is 35.4 Å². The molecular formula is C13H18FNO4S. The normalized spacial score (nSPS) is 12.0. The van der Waals surface area contributed by atoms with Crippen molar-refractivity contribution in [1.82, 2.24) is 5.32 Å². The molecule has 1 N–H and O–H groups in total. The number of alkyl carbamates (subject to hydrolysis) is 1. The standard InChI is InChI=1S/C13H18FNO4S/c1-13(2,3)19-12(16)15-8-10-4-6-11(7-5-10)9-20(14,17)18/h4-7H,8-9H2,1-3H3,(H,15,16). The van der Waals surface area contributed by atoms with E-state index in [0.29, 0.717) is 5.56 Å². The van der Waals surface area contributed by atoms with Gasteiger partial charge in [-0.25, -0.2) is 4.79 Å². The Kier molecular flexibility index (Phi) is 5.10. The lowest BCUT2D eigenvalue weighted by Crippen LogP contribution is -2.32. The van der Waals surface area contributed by atoms with Crippen molar-refractivity contribution in [1.29, 1.82) is 0 Å². The topological polar surface area (TPSA) is 72.5 Å².